The van der Waals surface area contributed by atoms with Gasteiger partial charge in [-0.2, -0.15) is 0 Å². The first kappa shape index (κ1) is 12.8. The Morgan fingerprint density at radius 1 is 0.867 bits per heavy atom. The van der Waals surface area contributed by atoms with Crippen LogP contribution in [0.15, 0.2) is 12.1 Å². The molecule has 1 aromatic rings. The molecule has 0 saturated carbocycles. The number of unbranched alkanes of at least 4 members (excludes halogenated alkanes) is 5. The summed E-state index contributed by atoms with van der Waals surface area (Å²) in [4.78, 5) is 3.12. The van der Waals surface area contributed by atoms with Crippen molar-refractivity contribution in [2.75, 3.05) is 0 Å². The predicted octanol–water partition coefficient (Wildman–Crippen LogP) is 5.21. The second kappa shape index (κ2) is 7.92. The van der Waals surface area contributed by atoms with Crippen LogP contribution in [0.1, 0.15) is 62.1 Å². The van der Waals surface area contributed by atoms with Crippen molar-refractivity contribution in [1.29, 1.82) is 0 Å². The van der Waals surface area contributed by atoms with Crippen molar-refractivity contribution in [3.63, 3.8) is 0 Å². The Hall–Kier alpha value is -0.300. The zero-order chi connectivity index (χ0) is 10.9. The van der Waals surface area contributed by atoms with Crippen LogP contribution >= 0.6 is 11.3 Å². The molecule has 0 aliphatic heterocycles. The van der Waals surface area contributed by atoms with Crippen molar-refractivity contribution < 1.29 is 0 Å². The summed E-state index contributed by atoms with van der Waals surface area (Å²) >= 11 is 2.00. The number of hydrogen-bond donors (Lipinski definition) is 0. The normalized spacial score (nSPS) is 10.8. The molecule has 0 amide bonds. The molecule has 0 radical (unpaired) electrons. The summed E-state index contributed by atoms with van der Waals surface area (Å²) in [5.74, 6) is 0. The predicted molar refractivity (Wildman–Crippen MR) is 70.8 cm³/mol. The molecule has 0 aliphatic rings. The van der Waals surface area contributed by atoms with Gasteiger partial charge in [-0.15, -0.1) is 11.3 Å². The monoisotopic (exact) mass is 224 g/mol. The first-order valence-electron chi connectivity index (χ1n) is 6.44. The molecule has 0 N–H and O–H groups in total. The summed E-state index contributed by atoms with van der Waals surface area (Å²) in [5.41, 5.74) is 0. The van der Waals surface area contributed by atoms with Crippen molar-refractivity contribution in [3.05, 3.63) is 21.9 Å². The van der Waals surface area contributed by atoms with Crippen molar-refractivity contribution >= 4 is 11.3 Å². The van der Waals surface area contributed by atoms with Crippen LogP contribution in [0.3, 0.4) is 0 Å². The second-order valence-electron chi connectivity index (χ2n) is 4.24. The Morgan fingerprint density at radius 2 is 1.53 bits per heavy atom. The van der Waals surface area contributed by atoms with Gasteiger partial charge in [0.05, 0.1) is 0 Å². The Labute approximate surface area is 98.7 Å². The summed E-state index contributed by atoms with van der Waals surface area (Å²) in [6.45, 7) is 4.51. The molecule has 0 atom stereocenters. The smallest absolute Gasteiger partial charge is 0.00481 e. The van der Waals surface area contributed by atoms with Gasteiger partial charge in [0.2, 0.25) is 0 Å². The molecule has 86 valence electrons. The quantitative estimate of drug-likeness (QED) is 0.531. The average molecular weight is 224 g/mol. The first-order valence-corrected chi connectivity index (χ1v) is 7.26. The lowest BCUT2D eigenvalue weighted by Gasteiger charge is -1.99. The largest absolute Gasteiger partial charge is 0.145 e. The Kier molecular flexibility index (Phi) is 6.74. The van der Waals surface area contributed by atoms with E-state index >= 15 is 0 Å². The average Bonchev–Trinajstić information content (AvgIpc) is 2.71. The van der Waals surface area contributed by atoms with Crippen LogP contribution in [-0.2, 0) is 12.8 Å². The van der Waals surface area contributed by atoms with E-state index in [1.165, 1.54) is 56.2 Å². The summed E-state index contributed by atoms with van der Waals surface area (Å²) < 4.78 is 0. The van der Waals surface area contributed by atoms with Gasteiger partial charge >= 0.3 is 0 Å². The number of rotatable bonds is 8. The summed E-state index contributed by atoms with van der Waals surface area (Å²) in [6.07, 6.45) is 10.9. The topological polar surface area (TPSA) is 0 Å². The molecule has 1 aromatic heterocycles. The van der Waals surface area contributed by atoms with Crippen LogP contribution in [0, 0.1) is 0 Å². The summed E-state index contributed by atoms with van der Waals surface area (Å²) in [6, 6.07) is 4.60. The SMILES string of the molecule is CCCCCCCCc1ccc(CC)s1. The van der Waals surface area contributed by atoms with E-state index in [1.807, 2.05) is 11.3 Å². The molecule has 0 spiro atoms. The van der Waals surface area contributed by atoms with E-state index in [4.69, 9.17) is 0 Å². The Bertz CT molecular complexity index is 250. The molecule has 15 heavy (non-hydrogen) atoms. The number of hydrogen-bond acceptors (Lipinski definition) is 1. The molecule has 0 saturated heterocycles. The molecular formula is C14H24S. The highest BCUT2D eigenvalue weighted by atomic mass is 32.1. The highest BCUT2D eigenvalue weighted by Gasteiger charge is 1.98. The highest BCUT2D eigenvalue weighted by Crippen LogP contribution is 2.19. The van der Waals surface area contributed by atoms with Gasteiger partial charge in [-0.25, -0.2) is 0 Å². The van der Waals surface area contributed by atoms with Gasteiger partial charge in [0.25, 0.3) is 0 Å². The van der Waals surface area contributed by atoms with E-state index in [-0.39, 0.29) is 0 Å². The maximum Gasteiger partial charge on any atom is 0.00481 e. The van der Waals surface area contributed by atoms with E-state index < -0.39 is 0 Å². The summed E-state index contributed by atoms with van der Waals surface area (Å²) in [5, 5.41) is 0. The van der Waals surface area contributed by atoms with Crippen molar-refractivity contribution in [2.24, 2.45) is 0 Å². The lowest BCUT2D eigenvalue weighted by atomic mass is 10.1. The van der Waals surface area contributed by atoms with Gasteiger partial charge in [-0.1, -0.05) is 46.0 Å². The summed E-state index contributed by atoms with van der Waals surface area (Å²) in [7, 11) is 0. The van der Waals surface area contributed by atoms with E-state index in [2.05, 4.69) is 26.0 Å². The standard InChI is InChI=1S/C14H24S/c1-3-5-6-7-8-9-10-14-12-11-13(4-2)15-14/h11-12H,3-10H2,1-2H3. The van der Waals surface area contributed by atoms with E-state index in [0.29, 0.717) is 0 Å². The lowest BCUT2D eigenvalue weighted by Crippen LogP contribution is -1.82. The van der Waals surface area contributed by atoms with Crippen molar-refractivity contribution in [1.82, 2.24) is 0 Å². The molecule has 0 unspecified atom stereocenters. The Balaban J connectivity index is 2.04. The third kappa shape index (κ3) is 5.36. The molecule has 0 nitrogen and oxygen atoms in total. The first-order chi connectivity index (χ1) is 7.36. The maximum absolute atomic E-state index is 2.32. The van der Waals surface area contributed by atoms with Crippen LogP contribution in [0.5, 0.6) is 0 Å². The fourth-order valence-corrected chi connectivity index (χ4v) is 2.83. The molecule has 0 aliphatic carbocycles. The van der Waals surface area contributed by atoms with Gasteiger partial charge < -0.3 is 0 Å². The van der Waals surface area contributed by atoms with Crippen molar-refractivity contribution in [3.8, 4) is 0 Å². The van der Waals surface area contributed by atoms with Crippen LogP contribution in [0.25, 0.3) is 0 Å². The van der Waals surface area contributed by atoms with Gasteiger partial charge in [-0.3, -0.25) is 0 Å². The second-order valence-corrected chi connectivity index (χ2v) is 5.49. The van der Waals surface area contributed by atoms with E-state index in [9.17, 15) is 0 Å². The maximum atomic E-state index is 2.32. The van der Waals surface area contributed by atoms with Crippen LogP contribution in [0.4, 0.5) is 0 Å². The zero-order valence-electron chi connectivity index (χ0n) is 10.2. The van der Waals surface area contributed by atoms with E-state index in [0.717, 1.165) is 0 Å². The lowest BCUT2D eigenvalue weighted by molar-refractivity contribution is 0.609. The molecule has 0 fully saturated rings. The fourth-order valence-electron chi connectivity index (χ4n) is 1.83. The van der Waals surface area contributed by atoms with Crippen LogP contribution < -0.4 is 0 Å². The fraction of sp³-hybridized carbons (Fsp3) is 0.714. The molecule has 1 heterocycles. The molecule has 0 bridgehead atoms. The van der Waals surface area contributed by atoms with Crippen LogP contribution in [-0.4, -0.2) is 0 Å². The highest BCUT2D eigenvalue weighted by molar-refractivity contribution is 7.11. The number of thiophene rings is 1. The molecule has 0 aromatic carbocycles. The van der Waals surface area contributed by atoms with Gasteiger partial charge in [0, 0.05) is 9.75 Å². The van der Waals surface area contributed by atoms with Gasteiger partial charge in [-0.05, 0) is 31.4 Å². The minimum atomic E-state index is 1.20. The van der Waals surface area contributed by atoms with Gasteiger partial charge in [0.15, 0.2) is 0 Å². The van der Waals surface area contributed by atoms with Gasteiger partial charge in [0.1, 0.15) is 0 Å². The zero-order valence-corrected chi connectivity index (χ0v) is 11.0. The minimum Gasteiger partial charge on any atom is -0.145 e. The Morgan fingerprint density at radius 3 is 2.20 bits per heavy atom. The minimum absolute atomic E-state index is 1.20. The number of aryl methyl sites for hydroxylation is 2. The van der Waals surface area contributed by atoms with Crippen molar-refractivity contribution in [2.45, 2.75) is 65.2 Å². The molecule has 1 rings (SSSR count). The van der Waals surface area contributed by atoms with E-state index in [1.54, 1.807) is 4.88 Å². The third-order valence-electron chi connectivity index (χ3n) is 2.84. The third-order valence-corrected chi connectivity index (χ3v) is 4.13. The molecule has 1 heteroatoms. The van der Waals surface area contributed by atoms with Crippen LogP contribution in [0.2, 0.25) is 0 Å². The molecular weight excluding hydrogens is 200 g/mol.